The van der Waals surface area contributed by atoms with Gasteiger partial charge in [0.15, 0.2) is 6.10 Å². The van der Waals surface area contributed by atoms with Crippen LogP contribution in [0.15, 0.2) is 48.6 Å². The lowest BCUT2D eigenvalue weighted by molar-refractivity contribution is -0.167. The first-order chi connectivity index (χ1) is 27.0. The van der Waals surface area contributed by atoms with Crippen molar-refractivity contribution in [1.82, 2.24) is 0 Å². The van der Waals surface area contributed by atoms with Crippen LogP contribution in [0.3, 0.4) is 0 Å². The molecule has 0 aromatic carbocycles. The SMILES string of the molecule is CCCCC/C=C\CCCCCCCC(=O)OC(COC(=O)CCC/C=C\CCCCCC)COC(=O)CCCCC/C=C\C=C/CCCCCCCCC. The summed E-state index contributed by atoms with van der Waals surface area (Å²) >= 11 is 0. The third kappa shape index (κ3) is 42.4. The number of esters is 3. The van der Waals surface area contributed by atoms with Gasteiger partial charge in [-0.1, -0.05) is 166 Å². The number of hydrogen-bond acceptors (Lipinski definition) is 6. The van der Waals surface area contributed by atoms with Crippen molar-refractivity contribution >= 4 is 17.9 Å². The predicted octanol–water partition coefficient (Wildman–Crippen LogP) is 14.8. The van der Waals surface area contributed by atoms with E-state index in [4.69, 9.17) is 14.2 Å². The number of unbranched alkanes of at least 4 members (excludes halogenated alkanes) is 23. The molecule has 0 heterocycles. The second-order valence-electron chi connectivity index (χ2n) is 15.3. The highest BCUT2D eigenvalue weighted by Crippen LogP contribution is 2.12. The van der Waals surface area contributed by atoms with Crippen LogP contribution in [-0.4, -0.2) is 37.2 Å². The molecule has 0 N–H and O–H groups in total. The first-order valence-corrected chi connectivity index (χ1v) is 23.2. The maximum atomic E-state index is 12.7. The molecule has 0 aromatic heterocycles. The van der Waals surface area contributed by atoms with Crippen molar-refractivity contribution in [3.05, 3.63) is 48.6 Å². The monoisotopic (exact) mass is 771 g/mol. The molecule has 0 saturated carbocycles. The number of allylic oxidation sites excluding steroid dienone is 8. The lowest BCUT2D eigenvalue weighted by Gasteiger charge is -2.18. The maximum absolute atomic E-state index is 12.7. The molecule has 0 aliphatic rings. The lowest BCUT2D eigenvalue weighted by Crippen LogP contribution is -2.30. The van der Waals surface area contributed by atoms with Crippen molar-refractivity contribution < 1.29 is 28.6 Å². The third-order valence-corrected chi connectivity index (χ3v) is 9.80. The van der Waals surface area contributed by atoms with Crippen molar-refractivity contribution in [1.29, 1.82) is 0 Å². The summed E-state index contributed by atoms with van der Waals surface area (Å²) < 4.78 is 16.6. The molecule has 1 unspecified atom stereocenters. The second-order valence-corrected chi connectivity index (χ2v) is 15.3. The van der Waals surface area contributed by atoms with Gasteiger partial charge in [0.2, 0.25) is 0 Å². The average molecular weight is 771 g/mol. The zero-order chi connectivity index (χ0) is 40.1. The van der Waals surface area contributed by atoms with Crippen molar-refractivity contribution in [2.75, 3.05) is 13.2 Å². The van der Waals surface area contributed by atoms with Crippen LogP contribution >= 0.6 is 0 Å². The molecule has 0 spiro atoms. The Labute approximate surface area is 339 Å². The van der Waals surface area contributed by atoms with Gasteiger partial charge in [-0.2, -0.15) is 0 Å². The van der Waals surface area contributed by atoms with E-state index in [1.165, 1.54) is 103 Å². The molecule has 1 atom stereocenters. The van der Waals surface area contributed by atoms with Crippen molar-refractivity contribution in [3.63, 3.8) is 0 Å². The molecule has 0 aliphatic carbocycles. The molecule has 0 aliphatic heterocycles. The van der Waals surface area contributed by atoms with Gasteiger partial charge in [-0.15, -0.1) is 0 Å². The summed E-state index contributed by atoms with van der Waals surface area (Å²) in [5.74, 6) is -0.970. The van der Waals surface area contributed by atoms with Gasteiger partial charge < -0.3 is 14.2 Å². The number of rotatable bonds is 41. The van der Waals surface area contributed by atoms with Crippen LogP contribution < -0.4 is 0 Å². The fraction of sp³-hybridized carbons (Fsp3) is 0.776. The molecule has 0 radical (unpaired) electrons. The molecular formula is C49H86O6. The molecule has 0 amide bonds. The Morgan fingerprint density at radius 2 is 0.673 bits per heavy atom. The van der Waals surface area contributed by atoms with E-state index >= 15 is 0 Å². The van der Waals surface area contributed by atoms with Gasteiger partial charge in [-0.25, -0.2) is 0 Å². The maximum Gasteiger partial charge on any atom is 0.306 e. The topological polar surface area (TPSA) is 78.9 Å². The Kier molecular flexibility index (Phi) is 42.0. The highest BCUT2D eigenvalue weighted by molar-refractivity contribution is 5.71. The summed E-state index contributed by atoms with van der Waals surface area (Å²) in [6.07, 6.45) is 51.0. The van der Waals surface area contributed by atoms with Gasteiger partial charge in [0, 0.05) is 19.3 Å². The van der Waals surface area contributed by atoms with E-state index in [1.807, 2.05) is 0 Å². The van der Waals surface area contributed by atoms with Crippen LogP contribution in [0, 0.1) is 0 Å². The highest BCUT2D eigenvalue weighted by atomic mass is 16.6. The first kappa shape index (κ1) is 52.4. The van der Waals surface area contributed by atoms with Crippen LogP contribution in [0.4, 0.5) is 0 Å². The Hall–Kier alpha value is -2.63. The fourth-order valence-corrected chi connectivity index (χ4v) is 6.25. The zero-order valence-electron chi connectivity index (χ0n) is 36.2. The van der Waals surface area contributed by atoms with E-state index in [0.717, 1.165) is 77.0 Å². The van der Waals surface area contributed by atoms with Crippen LogP contribution in [0.25, 0.3) is 0 Å². The summed E-state index contributed by atoms with van der Waals surface area (Å²) in [7, 11) is 0. The summed E-state index contributed by atoms with van der Waals surface area (Å²) in [4.78, 5) is 37.6. The minimum atomic E-state index is -0.795. The summed E-state index contributed by atoms with van der Waals surface area (Å²) in [5.41, 5.74) is 0. The number of ether oxygens (including phenoxy) is 3. The predicted molar refractivity (Wildman–Crippen MR) is 233 cm³/mol. The molecular weight excluding hydrogens is 685 g/mol. The van der Waals surface area contributed by atoms with Gasteiger partial charge in [-0.05, 0) is 89.9 Å². The molecule has 55 heavy (non-hydrogen) atoms. The Balaban J connectivity index is 4.42. The van der Waals surface area contributed by atoms with Gasteiger partial charge in [0.25, 0.3) is 0 Å². The molecule has 6 nitrogen and oxygen atoms in total. The molecule has 6 heteroatoms. The largest absolute Gasteiger partial charge is 0.462 e. The Morgan fingerprint density at radius 1 is 0.364 bits per heavy atom. The minimum absolute atomic E-state index is 0.0987. The average Bonchev–Trinajstić information content (AvgIpc) is 3.18. The number of carbonyl (C=O) groups is 3. The molecule has 0 saturated heterocycles. The Bertz CT molecular complexity index is 980. The number of carbonyl (C=O) groups excluding carboxylic acids is 3. The van der Waals surface area contributed by atoms with Crippen LogP contribution in [-0.2, 0) is 28.6 Å². The summed E-state index contributed by atoms with van der Waals surface area (Å²) in [6, 6.07) is 0. The lowest BCUT2D eigenvalue weighted by atomic mass is 10.1. The van der Waals surface area contributed by atoms with E-state index in [2.05, 4.69) is 69.4 Å². The van der Waals surface area contributed by atoms with Crippen molar-refractivity contribution in [3.8, 4) is 0 Å². The van der Waals surface area contributed by atoms with Gasteiger partial charge >= 0.3 is 17.9 Å². The number of hydrogen-bond donors (Lipinski definition) is 0. The molecule has 0 fully saturated rings. The van der Waals surface area contributed by atoms with Crippen molar-refractivity contribution in [2.24, 2.45) is 0 Å². The normalized spacial score (nSPS) is 12.4. The quantitative estimate of drug-likeness (QED) is 0.0202. The van der Waals surface area contributed by atoms with Crippen LogP contribution in [0.1, 0.15) is 226 Å². The van der Waals surface area contributed by atoms with Crippen LogP contribution in [0.2, 0.25) is 0 Å². The first-order valence-electron chi connectivity index (χ1n) is 23.2. The standard InChI is InChI=1S/C49H86O6/c1-4-7-10-13-16-19-21-23-24-25-26-28-30-33-36-39-42-48(51)54-45-46(44-53-47(50)41-38-35-32-29-18-15-12-9-6-3)55-49(52)43-40-37-34-31-27-22-20-17-14-11-8-5-2/h17,20,24-26,28-29,32,46H,4-16,18-19,21-23,27,30-31,33-45H2,1-3H3/b20-17-,25-24-,28-26-,32-29-. The zero-order valence-corrected chi connectivity index (χ0v) is 36.2. The minimum Gasteiger partial charge on any atom is -0.462 e. The summed E-state index contributed by atoms with van der Waals surface area (Å²) in [6.45, 7) is 6.51. The van der Waals surface area contributed by atoms with E-state index < -0.39 is 6.10 Å². The van der Waals surface area contributed by atoms with Gasteiger partial charge in [0.1, 0.15) is 13.2 Å². The highest BCUT2D eigenvalue weighted by Gasteiger charge is 2.19. The molecule has 318 valence electrons. The van der Waals surface area contributed by atoms with E-state index in [9.17, 15) is 14.4 Å². The smallest absolute Gasteiger partial charge is 0.306 e. The fourth-order valence-electron chi connectivity index (χ4n) is 6.25. The third-order valence-electron chi connectivity index (χ3n) is 9.80. The molecule has 0 rings (SSSR count). The van der Waals surface area contributed by atoms with Crippen LogP contribution in [0.5, 0.6) is 0 Å². The van der Waals surface area contributed by atoms with E-state index in [-0.39, 0.29) is 31.1 Å². The second kappa shape index (κ2) is 44.1. The van der Waals surface area contributed by atoms with Gasteiger partial charge in [-0.3, -0.25) is 14.4 Å². The Morgan fingerprint density at radius 3 is 1.16 bits per heavy atom. The van der Waals surface area contributed by atoms with E-state index in [0.29, 0.717) is 25.7 Å². The molecule has 0 bridgehead atoms. The molecule has 0 aromatic rings. The van der Waals surface area contributed by atoms with E-state index in [1.54, 1.807) is 0 Å². The summed E-state index contributed by atoms with van der Waals surface area (Å²) in [5, 5.41) is 0. The van der Waals surface area contributed by atoms with Gasteiger partial charge in [0.05, 0.1) is 0 Å². The van der Waals surface area contributed by atoms with Crippen molar-refractivity contribution in [2.45, 2.75) is 232 Å².